The van der Waals surface area contributed by atoms with Gasteiger partial charge in [-0.05, 0) is 46.9 Å². The molecule has 21 heavy (non-hydrogen) atoms. The third-order valence-electron chi connectivity index (χ3n) is 3.01. The molecule has 2 N–H and O–H groups in total. The Hall–Kier alpha value is -1.96. The molecular weight excluding hydrogens is 389 g/mol. The molecule has 0 aliphatic carbocycles. The minimum atomic E-state index is -0.711. The maximum atomic E-state index is 14.0. The molecule has 0 aliphatic heterocycles. The van der Waals surface area contributed by atoms with Gasteiger partial charge < -0.3 is 10.3 Å². The lowest BCUT2D eigenvalue weighted by atomic mass is 10.0. The summed E-state index contributed by atoms with van der Waals surface area (Å²) in [4.78, 5) is 0. The molecule has 0 fully saturated rings. The van der Waals surface area contributed by atoms with Gasteiger partial charge in [-0.3, -0.25) is 0 Å². The van der Waals surface area contributed by atoms with E-state index < -0.39 is 11.6 Å². The summed E-state index contributed by atoms with van der Waals surface area (Å²) in [5, 5.41) is 3.70. The number of nitrogens with two attached hydrogens (primary N) is 1. The molecule has 0 bridgehead atoms. The Kier molecular flexibility index (Phi) is 3.62. The molecule has 3 aromatic rings. The third kappa shape index (κ3) is 2.63. The quantitative estimate of drug-likeness (QED) is 0.648. The summed E-state index contributed by atoms with van der Waals surface area (Å²) in [6.07, 6.45) is 0. The van der Waals surface area contributed by atoms with Crippen LogP contribution >= 0.6 is 22.6 Å². The monoisotopic (exact) mass is 398 g/mol. The molecule has 0 spiro atoms. The molecule has 0 saturated heterocycles. The minimum absolute atomic E-state index is 0.0642. The molecule has 0 saturated carbocycles. The molecule has 2 aromatic carbocycles. The smallest absolute Gasteiger partial charge is 0.177 e. The number of hydrogen-bond donors (Lipinski definition) is 1. The SMILES string of the molecule is Nc1noc(-c2cccc(I)c2)c1-c1ccc(F)cc1F. The third-order valence-corrected chi connectivity index (χ3v) is 3.68. The minimum Gasteiger partial charge on any atom is -0.380 e. The molecule has 1 heterocycles. The van der Waals surface area contributed by atoms with Gasteiger partial charge in [0.15, 0.2) is 11.6 Å². The second-order valence-electron chi connectivity index (χ2n) is 4.41. The van der Waals surface area contributed by atoms with Crippen molar-refractivity contribution in [2.75, 3.05) is 5.73 Å². The van der Waals surface area contributed by atoms with Crippen LogP contribution in [0.1, 0.15) is 0 Å². The molecule has 0 amide bonds. The van der Waals surface area contributed by atoms with Gasteiger partial charge in [0.05, 0.1) is 5.56 Å². The number of rotatable bonds is 2. The van der Waals surface area contributed by atoms with E-state index in [9.17, 15) is 8.78 Å². The molecule has 3 rings (SSSR count). The lowest BCUT2D eigenvalue weighted by Crippen LogP contribution is -1.92. The zero-order valence-electron chi connectivity index (χ0n) is 10.6. The van der Waals surface area contributed by atoms with E-state index in [0.29, 0.717) is 11.3 Å². The molecule has 6 heteroatoms. The van der Waals surface area contributed by atoms with Crippen LogP contribution in [0.5, 0.6) is 0 Å². The van der Waals surface area contributed by atoms with Crippen molar-refractivity contribution in [1.29, 1.82) is 0 Å². The highest BCUT2D eigenvalue weighted by Crippen LogP contribution is 2.38. The zero-order chi connectivity index (χ0) is 15.0. The van der Waals surface area contributed by atoms with Crippen LogP contribution in [0.2, 0.25) is 0 Å². The van der Waals surface area contributed by atoms with Crippen LogP contribution in [0.25, 0.3) is 22.5 Å². The Morgan fingerprint density at radius 2 is 1.90 bits per heavy atom. The van der Waals surface area contributed by atoms with Crippen molar-refractivity contribution >= 4 is 28.4 Å². The first-order valence-corrected chi connectivity index (χ1v) is 7.10. The van der Waals surface area contributed by atoms with Crippen molar-refractivity contribution in [2.24, 2.45) is 0 Å². The van der Waals surface area contributed by atoms with E-state index in [2.05, 4.69) is 27.7 Å². The lowest BCUT2D eigenvalue weighted by molar-refractivity contribution is 0.436. The molecular formula is C15H9F2IN2O. The first-order valence-electron chi connectivity index (χ1n) is 6.03. The summed E-state index contributed by atoms with van der Waals surface area (Å²) in [6, 6.07) is 10.7. The van der Waals surface area contributed by atoms with Crippen LogP contribution in [-0.4, -0.2) is 5.16 Å². The van der Waals surface area contributed by atoms with Crippen LogP contribution < -0.4 is 5.73 Å². The van der Waals surface area contributed by atoms with Crippen LogP contribution in [0, 0.1) is 15.2 Å². The molecule has 0 unspecified atom stereocenters. The Labute approximate surface area is 132 Å². The largest absolute Gasteiger partial charge is 0.380 e. The number of hydrogen-bond acceptors (Lipinski definition) is 3. The maximum Gasteiger partial charge on any atom is 0.177 e. The molecule has 0 aliphatic rings. The highest BCUT2D eigenvalue weighted by Gasteiger charge is 2.20. The number of anilines is 1. The first-order chi connectivity index (χ1) is 10.1. The summed E-state index contributed by atoms with van der Waals surface area (Å²) < 4.78 is 33.3. The predicted molar refractivity (Wildman–Crippen MR) is 84.4 cm³/mol. The standard InChI is InChI=1S/C15H9F2IN2O/c16-9-4-5-11(12(17)7-9)13-14(21-20-15(13)19)8-2-1-3-10(18)6-8/h1-7H,(H2,19,20). The molecule has 0 atom stereocenters. The van der Waals surface area contributed by atoms with Gasteiger partial charge >= 0.3 is 0 Å². The molecule has 106 valence electrons. The fraction of sp³-hybridized carbons (Fsp3) is 0. The number of nitrogen functional groups attached to an aromatic ring is 1. The topological polar surface area (TPSA) is 52.0 Å². The van der Waals surface area contributed by atoms with Gasteiger partial charge in [0.2, 0.25) is 0 Å². The summed E-state index contributed by atoms with van der Waals surface area (Å²) in [5.74, 6) is -0.940. The van der Waals surface area contributed by atoms with Crippen molar-refractivity contribution < 1.29 is 13.3 Å². The van der Waals surface area contributed by atoms with E-state index in [0.717, 1.165) is 15.2 Å². The predicted octanol–water partition coefficient (Wildman–Crippen LogP) is 4.47. The Bertz CT molecular complexity index is 817. The van der Waals surface area contributed by atoms with E-state index in [1.807, 2.05) is 24.3 Å². The van der Waals surface area contributed by atoms with Gasteiger partial charge in [-0.15, -0.1) is 0 Å². The van der Waals surface area contributed by atoms with Crippen molar-refractivity contribution in [3.63, 3.8) is 0 Å². The number of aromatic nitrogens is 1. The lowest BCUT2D eigenvalue weighted by Gasteiger charge is -2.05. The highest BCUT2D eigenvalue weighted by atomic mass is 127. The Morgan fingerprint density at radius 1 is 1.10 bits per heavy atom. The van der Waals surface area contributed by atoms with Gasteiger partial charge in [-0.2, -0.15) is 0 Å². The summed E-state index contributed by atoms with van der Waals surface area (Å²) in [5.41, 5.74) is 7.00. The summed E-state index contributed by atoms with van der Waals surface area (Å²) in [7, 11) is 0. The molecule has 1 aromatic heterocycles. The number of benzene rings is 2. The van der Waals surface area contributed by atoms with Crippen molar-refractivity contribution in [3.8, 4) is 22.5 Å². The fourth-order valence-corrected chi connectivity index (χ4v) is 2.62. The van der Waals surface area contributed by atoms with E-state index in [1.165, 1.54) is 12.1 Å². The van der Waals surface area contributed by atoms with E-state index in [1.54, 1.807) is 0 Å². The van der Waals surface area contributed by atoms with E-state index >= 15 is 0 Å². The zero-order valence-corrected chi connectivity index (χ0v) is 12.8. The second-order valence-corrected chi connectivity index (χ2v) is 5.65. The average molecular weight is 398 g/mol. The van der Waals surface area contributed by atoms with Crippen molar-refractivity contribution in [2.45, 2.75) is 0 Å². The van der Waals surface area contributed by atoms with Gasteiger partial charge in [-0.1, -0.05) is 17.3 Å². The number of nitrogens with zero attached hydrogens (tertiary/aromatic N) is 1. The van der Waals surface area contributed by atoms with Gasteiger partial charge in [-0.25, -0.2) is 8.78 Å². The second kappa shape index (κ2) is 5.44. The van der Waals surface area contributed by atoms with E-state index in [-0.39, 0.29) is 11.4 Å². The van der Waals surface area contributed by atoms with Gasteiger partial charge in [0.25, 0.3) is 0 Å². The van der Waals surface area contributed by atoms with Crippen LogP contribution in [-0.2, 0) is 0 Å². The summed E-state index contributed by atoms with van der Waals surface area (Å²) in [6.45, 7) is 0. The van der Waals surface area contributed by atoms with Gasteiger partial charge in [0, 0.05) is 20.8 Å². The summed E-state index contributed by atoms with van der Waals surface area (Å²) >= 11 is 2.16. The van der Waals surface area contributed by atoms with E-state index in [4.69, 9.17) is 10.3 Å². The van der Waals surface area contributed by atoms with Crippen LogP contribution in [0.3, 0.4) is 0 Å². The molecule has 0 radical (unpaired) electrons. The van der Waals surface area contributed by atoms with Crippen LogP contribution in [0.4, 0.5) is 14.6 Å². The normalized spacial score (nSPS) is 10.8. The Balaban J connectivity index is 2.22. The molecule has 3 nitrogen and oxygen atoms in total. The Morgan fingerprint density at radius 3 is 2.62 bits per heavy atom. The van der Waals surface area contributed by atoms with Crippen molar-refractivity contribution in [3.05, 3.63) is 57.7 Å². The van der Waals surface area contributed by atoms with Crippen LogP contribution in [0.15, 0.2) is 47.0 Å². The van der Waals surface area contributed by atoms with Gasteiger partial charge in [0.1, 0.15) is 11.6 Å². The fourth-order valence-electron chi connectivity index (χ4n) is 2.08. The average Bonchev–Trinajstić information content (AvgIpc) is 2.81. The number of halogens is 3. The maximum absolute atomic E-state index is 14.0. The van der Waals surface area contributed by atoms with Crippen molar-refractivity contribution in [1.82, 2.24) is 5.16 Å². The first kappa shape index (κ1) is 14.0. The highest BCUT2D eigenvalue weighted by molar-refractivity contribution is 14.1.